The molecule has 1 heterocycles. The minimum atomic E-state index is -1.13. The lowest BCUT2D eigenvalue weighted by Crippen LogP contribution is -2.24. The maximum absolute atomic E-state index is 13.2. The van der Waals surface area contributed by atoms with Gasteiger partial charge in [-0.1, -0.05) is 17.7 Å². The number of pyridine rings is 1. The molecule has 0 fully saturated rings. The van der Waals surface area contributed by atoms with E-state index in [9.17, 15) is 9.50 Å². The summed E-state index contributed by atoms with van der Waals surface area (Å²) in [6, 6.07) is 7.65. The van der Waals surface area contributed by atoms with Gasteiger partial charge in [0.1, 0.15) is 5.82 Å². The van der Waals surface area contributed by atoms with Gasteiger partial charge in [-0.05, 0) is 36.8 Å². The second-order valence-electron chi connectivity index (χ2n) is 4.43. The van der Waals surface area contributed by atoms with Gasteiger partial charge in [0.25, 0.3) is 0 Å². The maximum Gasteiger partial charge on any atom is 0.123 e. The normalized spacial score (nSPS) is 14.2. The van der Waals surface area contributed by atoms with Crippen LogP contribution in [0.25, 0.3) is 0 Å². The fraction of sp³-hybridized carbons (Fsp3) is 0.214. The maximum atomic E-state index is 13.2. The van der Waals surface area contributed by atoms with E-state index >= 15 is 0 Å². The van der Waals surface area contributed by atoms with Crippen molar-refractivity contribution in [2.24, 2.45) is 0 Å². The average molecular weight is 266 g/mol. The SMILES string of the molecule is CC(O)(Cc1cc(F)ccc1Cl)c1cccnc1. The summed E-state index contributed by atoms with van der Waals surface area (Å²) in [5.74, 6) is -0.364. The first-order valence-electron chi connectivity index (χ1n) is 5.56. The third kappa shape index (κ3) is 2.86. The monoisotopic (exact) mass is 265 g/mol. The van der Waals surface area contributed by atoms with Crippen molar-refractivity contribution in [3.63, 3.8) is 0 Å². The van der Waals surface area contributed by atoms with Gasteiger partial charge in [0, 0.05) is 29.4 Å². The Hall–Kier alpha value is -1.45. The number of hydrogen-bond donors (Lipinski definition) is 1. The molecule has 1 aromatic heterocycles. The number of nitrogens with zero attached hydrogens (tertiary/aromatic N) is 1. The zero-order chi connectivity index (χ0) is 13.2. The Morgan fingerprint density at radius 3 is 2.83 bits per heavy atom. The molecule has 18 heavy (non-hydrogen) atoms. The van der Waals surface area contributed by atoms with Crippen LogP contribution in [0.15, 0.2) is 42.7 Å². The second-order valence-corrected chi connectivity index (χ2v) is 4.84. The van der Waals surface area contributed by atoms with Crippen molar-refractivity contribution in [2.75, 3.05) is 0 Å². The number of rotatable bonds is 3. The van der Waals surface area contributed by atoms with E-state index in [0.29, 0.717) is 16.1 Å². The number of benzene rings is 1. The summed E-state index contributed by atoms with van der Waals surface area (Å²) < 4.78 is 13.2. The van der Waals surface area contributed by atoms with E-state index in [1.54, 1.807) is 31.5 Å². The smallest absolute Gasteiger partial charge is 0.123 e. The van der Waals surface area contributed by atoms with E-state index in [2.05, 4.69) is 4.98 Å². The largest absolute Gasteiger partial charge is 0.385 e. The lowest BCUT2D eigenvalue weighted by molar-refractivity contribution is 0.0572. The van der Waals surface area contributed by atoms with Crippen LogP contribution in [0.1, 0.15) is 18.1 Å². The van der Waals surface area contributed by atoms with Crippen molar-refractivity contribution in [1.82, 2.24) is 4.98 Å². The summed E-state index contributed by atoms with van der Waals surface area (Å²) in [6.45, 7) is 1.66. The molecule has 1 unspecified atom stereocenters. The Morgan fingerprint density at radius 1 is 1.39 bits per heavy atom. The Morgan fingerprint density at radius 2 is 2.17 bits per heavy atom. The summed E-state index contributed by atoms with van der Waals surface area (Å²) in [5, 5.41) is 10.9. The highest BCUT2D eigenvalue weighted by Crippen LogP contribution is 2.28. The minimum Gasteiger partial charge on any atom is -0.385 e. The topological polar surface area (TPSA) is 33.1 Å². The van der Waals surface area contributed by atoms with Crippen molar-refractivity contribution in [1.29, 1.82) is 0 Å². The van der Waals surface area contributed by atoms with Crippen molar-refractivity contribution in [3.05, 3.63) is 64.7 Å². The van der Waals surface area contributed by atoms with Crippen LogP contribution in [-0.4, -0.2) is 10.1 Å². The average Bonchev–Trinajstić information content (AvgIpc) is 2.35. The fourth-order valence-corrected chi connectivity index (χ4v) is 2.02. The van der Waals surface area contributed by atoms with Crippen LogP contribution in [-0.2, 0) is 12.0 Å². The van der Waals surface area contributed by atoms with E-state index in [1.807, 2.05) is 0 Å². The summed E-state index contributed by atoms with van der Waals surface area (Å²) in [6.07, 6.45) is 3.46. The highest BCUT2D eigenvalue weighted by molar-refractivity contribution is 6.31. The van der Waals surface area contributed by atoms with E-state index in [4.69, 9.17) is 11.6 Å². The molecule has 1 atom stereocenters. The van der Waals surface area contributed by atoms with Crippen LogP contribution in [0.5, 0.6) is 0 Å². The van der Waals surface area contributed by atoms with Crippen LogP contribution in [0.4, 0.5) is 4.39 Å². The molecule has 1 aromatic carbocycles. The first-order chi connectivity index (χ1) is 8.49. The summed E-state index contributed by atoms with van der Waals surface area (Å²) >= 11 is 6.00. The highest BCUT2D eigenvalue weighted by Gasteiger charge is 2.25. The van der Waals surface area contributed by atoms with Gasteiger partial charge in [-0.2, -0.15) is 0 Å². The Balaban J connectivity index is 2.30. The van der Waals surface area contributed by atoms with E-state index < -0.39 is 5.60 Å². The van der Waals surface area contributed by atoms with Gasteiger partial charge in [-0.15, -0.1) is 0 Å². The highest BCUT2D eigenvalue weighted by atomic mass is 35.5. The Kier molecular flexibility index (Phi) is 3.64. The van der Waals surface area contributed by atoms with Gasteiger partial charge < -0.3 is 5.11 Å². The molecular formula is C14H13ClFNO. The molecule has 1 N–H and O–H groups in total. The predicted molar refractivity (Wildman–Crippen MR) is 68.9 cm³/mol. The zero-order valence-corrected chi connectivity index (χ0v) is 10.7. The van der Waals surface area contributed by atoms with Gasteiger partial charge in [0.2, 0.25) is 0 Å². The summed E-state index contributed by atoms with van der Waals surface area (Å²) in [4.78, 5) is 3.97. The number of aliphatic hydroxyl groups is 1. The quantitative estimate of drug-likeness (QED) is 0.923. The Bertz CT molecular complexity index is 543. The third-order valence-electron chi connectivity index (χ3n) is 2.83. The van der Waals surface area contributed by atoms with Gasteiger partial charge in [-0.3, -0.25) is 4.98 Å². The first-order valence-corrected chi connectivity index (χ1v) is 5.94. The summed E-state index contributed by atoms with van der Waals surface area (Å²) in [7, 11) is 0. The lowest BCUT2D eigenvalue weighted by Gasteiger charge is -2.24. The van der Waals surface area contributed by atoms with Crippen LogP contribution in [0.2, 0.25) is 5.02 Å². The molecule has 2 rings (SSSR count). The molecule has 0 amide bonds. The molecule has 2 aromatic rings. The van der Waals surface area contributed by atoms with Crippen molar-refractivity contribution in [3.8, 4) is 0 Å². The molecule has 0 aliphatic heterocycles. The van der Waals surface area contributed by atoms with Gasteiger partial charge in [0.05, 0.1) is 5.60 Å². The van der Waals surface area contributed by atoms with Gasteiger partial charge >= 0.3 is 0 Å². The van der Waals surface area contributed by atoms with Gasteiger partial charge in [-0.25, -0.2) is 4.39 Å². The molecule has 0 aliphatic rings. The van der Waals surface area contributed by atoms with Crippen LogP contribution in [0.3, 0.4) is 0 Å². The van der Waals surface area contributed by atoms with Crippen molar-refractivity contribution < 1.29 is 9.50 Å². The molecule has 0 saturated carbocycles. The van der Waals surface area contributed by atoms with E-state index in [1.165, 1.54) is 18.2 Å². The van der Waals surface area contributed by atoms with E-state index in [0.717, 1.165) is 0 Å². The molecule has 0 bridgehead atoms. The molecule has 2 nitrogen and oxygen atoms in total. The standard InChI is InChI=1S/C14H13ClFNO/c1-14(18,11-3-2-6-17-9-11)8-10-7-12(16)4-5-13(10)15/h2-7,9,18H,8H2,1H3. The molecular weight excluding hydrogens is 253 g/mol. The molecule has 4 heteroatoms. The minimum absolute atomic E-state index is 0.231. The Labute approximate surface area is 110 Å². The second kappa shape index (κ2) is 5.04. The number of halogens is 2. The van der Waals surface area contributed by atoms with E-state index in [-0.39, 0.29) is 12.2 Å². The third-order valence-corrected chi connectivity index (χ3v) is 3.19. The van der Waals surface area contributed by atoms with Crippen LogP contribution in [0, 0.1) is 5.82 Å². The van der Waals surface area contributed by atoms with Gasteiger partial charge in [0.15, 0.2) is 0 Å². The molecule has 0 saturated heterocycles. The molecule has 0 radical (unpaired) electrons. The molecule has 94 valence electrons. The van der Waals surface area contributed by atoms with Crippen molar-refractivity contribution >= 4 is 11.6 Å². The molecule has 0 aliphatic carbocycles. The zero-order valence-electron chi connectivity index (χ0n) is 9.90. The number of aromatic nitrogens is 1. The predicted octanol–water partition coefficient (Wildman–Crippen LogP) is 3.32. The summed E-state index contributed by atoms with van der Waals surface area (Å²) in [5.41, 5.74) is 0.113. The lowest BCUT2D eigenvalue weighted by atomic mass is 9.90. The molecule has 0 spiro atoms. The van der Waals surface area contributed by atoms with Crippen molar-refractivity contribution in [2.45, 2.75) is 18.9 Å². The van der Waals surface area contributed by atoms with Crippen LogP contribution >= 0.6 is 11.6 Å². The number of hydrogen-bond acceptors (Lipinski definition) is 2. The fourth-order valence-electron chi connectivity index (χ4n) is 1.83. The first kappa shape index (κ1) is 13.0. The van der Waals surface area contributed by atoms with Crippen LogP contribution < -0.4 is 0 Å².